The molecule has 1 aromatic rings. The van der Waals surface area contributed by atoms with Crippen molar-refractivity contribution in [3.63, 3.8) is 0 Å². The lowest BCUT2D eigenvalue weighted by Gasteiger charge is -2.42. The van der Waals surface area contributed by atoms with Gasteiger partial charge < -0.3 is 14.4 Å². The number of rotatable bonds is 4. The van der Waals surface area contributed by atoms with E-state index in [2.05, 4.69) is 26.7 Å². The van der Waals surface area contributed by atoms with Gasteiger partial charge in [-0.2, -0.15) is 0 Å². The van der Waals surface area contributed by atoms with Gasteiger partial charge in [-0.05, 0) is 33.6 Å². The van der Waals surface area contributed by atoms with Gasteiger partial charge in [0.25, 0.3) is 5.88 Å². The average molecular weight is 320 g/mol. The zero-order valence-corrected chi connectivity index (χ0v) is 14.4. The van der Waals surface area contributed by atoms with Crippen LogP contribution in [0.15, 0.2) is 12.4 Å². The Morgan fingerprint density at radius 3 is 2.61 bits per heavy atom. The summed E-state index contributed by atoms with van der Waals surface area (Å²) in [5.74, 6) is 1.54. The summed E-state index contributed by atoms with van der Waals surface area (Å²) in [5, 5.41) is 0. The fourth-order valence-corrected chi connectivity index (χ4v) is 3.46. The Balaban J connectivity index is 1.61. The van der Waals surface area contributed by atoms with Crippen molar-refractivity contribution in [3.8, 4) is 5.88 Å². The summed E-state index contributed by atoms with van der Waals surface area (Å²) < 4.78 is 11.5. The Bertz CT molecular complexity index is 503. The molecule has 0 aliphatic carbocycles. The maximum Gasteiger partial charge on any atom is 0.257 e. The van der Waals surface area contributed by atoms with Gasteiger partial charge in [-0.1, -0.05) is 0 Å². The Morgan fingerprint density at radius 2 is 1.91 bits per heavy atom. The molecule has 1 aromatic heterocycles. The van der Waals surface area contributed by atoms with E-state index in [4.69, 9.17) is 9.47 Å². The average Bonchev–Trinajstić information content (AvgIpc) is 2.55. The van der Waals surface area contributed by atoms with Crippen LogP contribution in [-0.2, 0) is 4.74 Å². The molecule has 2 saturated heterocycles. The van der Waals surface area contributed by atoms with Crippen molar-refractivity contribution in [2.24, 2.45) is 0 Å². The first kappa shape index (κ1) is 16.5. The van der Waals surface area contributed by atoms with Crippen molar-refractivity contribution < 1.29 is 9.47 Å². The maximum atomic E-state index is 5.81. The summed E-state index contributed by atoms with van der Waals surface area (Å²) in [6.07, 6.45) is 6.22. The van der Waals surface area contributed by atoms with E-state index in [-0.39, 0.29) is 6.10 Å². The van der Waals surface area contributed by atoms with Gasteiger partial charge >= 0.3 is 0 Å². The van der Waals surface area contributed by atoms with Crippen LogP contribution in [0.25, 0.3) is 0 Å². The minimum atomic E-state index is 0.109. The number of nitrogens with zero attached hydrogens (tertiary/aromatic N) is 4. The second kappa shape index (κ2) is 7.45. The first-order valence-electron chi connectivity index (χ1n) is 8.71. The summed E-state index contributed by atoms with van der Waals surface area (Å²) in [4.78, 5) is 13.8. The predicted octanol–water partition coefficient (Wildman–Crippen LogP) is 1.95. The summed E-state index contributed by atoms with van der Waals surface area (Å²) in [6, 6.07) is 0.656. The molecular formula is C17H28N4O2. The Hall–Kier alpha value is -1.40. The topological polar surface area (TPSA) is 50.7 Å². The van der Waals surface area contributed by atoms with Crippen LogP contribution in [0.2, 0.25) is 0 Å². The molecule has 0 N–H and O–H groups in total. The number of hydrogen-bond acceptors (Lipinski definition) is 6. The summed E-state index contributed by atoms with van der Waals surface area (Å²) in [5.41, 5.74) is 0. The first-order chi connectivity index (χ1) is 11.1. The molecule has 1 atom stereocenters. The van der Waals surface area contributed by atoms with E-state index in [9.17, 15) is 0 Å². The smallest absolute Gasteiger partial charge is 0.257 e. The highest BCUT2D eigenvalue weighted by molar-refractivity contribution is 5.48. The zero-order chi connectivity index (χ0) is 16.2. The summed E-state index contributed by atoms with van der Waals surface area (Å²) >= 11 is 0. The molecule has 0 spiro atoms. The lowest BCUT2D eigenvalue weighted by Crippen LogP contribution is -2.51. The molecule has 0 aromatic carbocycles. The fourth-order valence-electron chi connectivity index (χ4n) is 3.46. The zero-order valence-electron chi connectivity index (χ0n) is 14.4. The van der Waals surface area contributed by atoms with Crippen LogP contribution in [0, 0.1) is 0 Å². The molecular weight excluding hydrogens is 292 g/mol. The van der Waals surface area contributed by atoms with Crippen LogP contribution in [0.5, 0.6) is 5.88 Å². The van der Waals surface area contributed by atoms with Gasteiger partial charge in [-0.25, -0.2) is 9.97 Å². The van der Waals surface area contributed by atoms with Crippen LogP contribution in [0.3, 0.4) is 0 Å². The molecule has 0 bridgehead atoms. The van der Waals surface area contributed by atoms with Gasteiger partial charge in [-0.3, -0.25) is 4.90 Å². The van der Waals surface area contributed by atoms with E-state index in [1.54, 1.807) is 12.4 Å². The molecule has 128 valence electrons. The van der Waals surface area contributed by atoms with Gasteiger partial charge in [0.2, 0.25) is 0 Å². The molecule has 6 heteroatoms. The third kappa shape index (κ3) is 4.12. The number of hydrogen-bond donors (Lipinski definition) is 0. The van der Waals surface area contributed by atoms with Gasteiger partial charge in [0, 0.05) is 44.6 Å². The number of piperidine rings is 1. The van der Waals surface area contributed by atoms with E-state index < -0.39 is 0 Å². The van der Waals surface area contributed by atoms with Gasteiger partial charge in [0.05, 0.1) is 18.8 Å². The standard InChI is InChI=1S/C17H28N4O2/c1-13(2)23-17-16(18-6-7-19-17)20-8-4-15(5-9-20)21-10-11-22-14(3)12-21/h6-7,13-15H,4-5,8-12H2,1-3H3. The van der Waals surface area contributed by atoms with E-state index in [1.165, 1.54) is 0 Å². The third-order valence-corrected chi connectivity index (χ3v) is 4.55. The van der Waals surface area contributed by atoms with Crippen LogP contribution in [0.4, 0.5) is 5.82 Å². The highest BCUT2D eigenvalue weighted by Crippen LogP contribution is 2.28. The fraction of sp³-hybridized carbons (Fsp3) is 0.765. The maximum absolute atomic E-state index is 5.81. The third-order valence-electron chi connectivity index (χ3n) is 4.55. The number of morpholine rings is 1. The van der Waals surface area contributed by atoms with Gasteiger partial charge in [0.15, 0.2) is 5.82 Å². The highest BCUT2D eigenvalue weighted by atomic mass is 16.5. The van der Waals surface area contributed by atoms with E-state index >= 15 is 0 Å². The van der Waals surface area contributed by atoms with Crippen LogP contribution >= 0.6 is 0 Å². The van der Waals surface area contributed by atoms with Crippen LogP contribution < -0.4 is 9.64 Å². The van der Waals surface area contributed by atoms with Crippen LogP contribution in [-0.4, -0.2) is 65.9 Å². The first-order valence-corrected chi connectivity index (χ1v) is 8.71. The van der Waals surface area contributed by atoms with E-state index in [0.717, 1.165) is 51.4 Å². The van der Waals surface area contributed by atoms with Crippen molar-refractivity contribution >= 4 is 5.82 Å². The van der Waals surface area contributed by atoms with Crippen molar-refractivity contribution in [1.82, 2.24) is 14.9 Å². The van der Waals surface area contributed by atoms with Crippen molar-refractivity contribution in [1.29, 1.82) is 0 Å². The van der Waals surface area contributed by atoms with Crippen LogP contribution in [0.1, 0.15) is 33.6 Å². The quantitative estimate of drug-likeness (QED) is 0.845. The largest absolute Gasteiger partial charge is 0.472 e. The van der Waals surface area contributed by atoms with Crippen molar-refractivity contribution in [2.75, 3.05) is 37.7 Å². The lowest BCUT2D eigenvalue weighted by molar-refractivity contribution is -0.0373. The molecule has 2 fully saturated rings. The molecule has 0 saturated carbocycles. The second-order valence-corrected chi connectivity index (χ2v) is 6.75. The number of aromatic nitrogens is 2. The summed E-state index contributed by atoms with van der Waals surface area (Å²) in [6.45, 7) is 11.2. The molecule has 23 heavy (non-hydrogen) atoms. The molecule has 6 nitrogen and oxygen atoms in total. The number of ether oxygens (including phenoxy) is 2. The van der Waals surface area contributed by atoms with Crippen molar-refractivity contribution in [3.05, 3.63) is 12.4 Å². The monoisotopic (exact) mass is 320 g/mol. The molecule has 1 unspecified atom stereocenters. The minimum absolute atomic E-state index is 0.109. The van der Waals surface area contributed by atoms with Crippen molar-refractivity contribution in [2.45, 2.75) is 51.9 Å². The normalized spacial score (nSPS) is 24.2. The second-order valence-electron chi connectivity index (χ2n) is 6.75. The highest BCUT2D eigenvalue weighted by Gasteiger charge is 2.29. The Labute approximate surface area is 138 Å². The van der Waals surface area contributed by atoms with E-state index in [0.29, 0.717) is 18.0 Å². The van der Waals surface area contributed by atoms with E-state index in [1.807, 2.05) is 13.8 Å². The van der Waals surface area contributed by atoms with Gasteiger partial charge in [-0.15, -0.1) is 0 Å². The molecule has 0 radical (unpaired) electrons. The Morgan fingerprint density at radius 1 is 1.17 bits per heavy atom. The molecule has 0 amide bonds. The molecule has 3 heterocycles. The predicted molar refractivity (Wildman–Crippen MR) is 90.0 cm³/mol. The SMILES string of the molecule is CC(C)Oc1nccnc1N1CCC(N2CCOC(C)C2)CC1. The lowest BCUT2D eigenvalue weighted by atomic mass is 10.0. The van der Waals surface area contributed by atoms with Gasteiger partial charge in [0.1, 0.15) is 0 Å². The minimum Gasteiger partial charge on any atom is -0.472 e. The summed E-state index contributed by atoms with van der Waals surface area (Å²) in [7, 11) is 0. The Kier molecular flexibility index (Phi) is 5.33. The molecule has 2 aliphatic rings. The molecule has 2 aliphatic heterocycles. The number of anilines is 1. The molecule has 3 rings (SSSR count).